The lowest BCUT2D eigenvalue weighted by molar-refractivity contribution is 0.0593. The molecule has 3 N–H and O–H groups in total. The first kappa shape index (κ1) is 17.4. The zero-order chi connectivity index (χ0) is 16.9. The molecular weight excluding hydrogens is 314 g/mol. The van der Waals surface area contributed by atoms with Crippen molar-refractivity contribution in [3.63, 3.8) is 0 Å². The lowest BCUT2D eigenvalue weighted by atomic mass is 10.00. The van der Waals surface area contributed by atoms with Gasteiger partial charge in [-0.25, -0.2) is 9.78 Å². The lowest BCUT2D eigenvalue weighted by Gasteiger charge is -2.22. The second-order valence-corrected chi connectivity index (χ2v) is 6.56. The summed E-state index contributed by atoms with van der Waals surface area (Å²) < 4.78 is 1.61. The first-order chi connectivity index (χ1) is 10.9. The van der Waals surface area contributed by atoms with Crippen LogP contribution in [0.25, 0.3) is 0 Å². The van der Waals surface area contributed by atoms with Gasteiger partial charge in [0.25, 0.3) is 0 Å². The molecule has 0 radical (unpaired) electrons. The second kappa shape index (κ2) is 7.56. The van der Waals surface area contributed by atoms with Crippen LogP contribution < -0.4 is 10.6 Å². The molecule has 126 valence electrons. The molecule has 2 heterocycles. The highest BCUT2D eigenvalue weighted by molar-refractivity contribution is 7.09. The minimum absolute atomic E-state index is 0.112. The third-order valence-electron chi connectivity index (χ3n) is 3.49. The number of nitrogens with one attached hydrogen (secondary N) is 2. The molecule has 0 fully saturated rings. The molecule has 0 spiro atoms. The minimum Gasteiger partial charge on any atom is -0.383 e. The Bertz CT molecular complexity index is 650. The Morgan fingerprint density at radius 3 is 2.87 bits per heavy atom. The van der Waals surface area contributed by atoms with Gasteiger partial charge in [-0.3, -0.25) is 4.68 Å². The van der Waals surface area contributed by atoms with Crippen molar-refractivity contribution >= 4 is 17.4 Å². The summed E-state index contributed by atoms with van der Waals surface area (Å²) in [7, 11) is 1.78. The van der Waals surface area contributed by atoms with Gasteiger partial charge >= 0.3 is 6.03 Å². The number of amides is 2. The van der Waals surface area contributed by atoms with Crippen LogP contribution in [0.3, 0.4) is 0 Å². The Morgan fingerprint density at radius 1 is 1.48 bits per heavy atom. The fraction of sp³-hybridized carbons (Fsp3) is 0.533. The van der Waals surface area contributed by atoms with Crippen LogP contribution in [0.4, 0.5) is 4.79 Å². The number of rotatable bonds is 7. The van der Waals surface area contributed by atoms with Crippen LogP contribution in [0.5, 0.6) is 0 Å². The third-order valence-corrected chi connectivity index (χ3v) is 4.53. The van der Waals surface area contributed by atoms with Crippen LogP contribution in [0.15, 0.2) is 17.8 Å². The molecular formula is C15H23N5O2S. The van der Waals surface area contributed by atoms with E-state index in [4.69, 9.17) is 0 Å². The number of hydrogen-bond donors (Lipinski definition) is 3. The fourth-order valence-electron chi connectivity index (χ4n) is 2.05. The molecule has 0 aromatic carbocycles. The predicted molar refractivity (Wildman–Crippen MR) is 89.4 cm³/mol. The van der Waals surface area contributed by atoms with Crippen molar-refractivity contribution in [1.29, 1.82) is 0 Å². The number of nitrogens with zero attached hydrogens (tertiary/aromatic N) is 3. The maximum atomic E-state index is 11.8. The van der Waals surface area contributed by atoms with Crippen molar-refractivity contribution in [3.8, 4) is 0 Å². The van der Waals surface area contributed by atoms with Gasteiger partial charge in [0.15, 0.2) is 0 Å². The fourth-order valence-corrected chi connectivity index (χ4v) is 2.83. The molecule has 0 aliphatic rings. The summed E-state index contributed by atoms with van der Waals surface area (Å²) in [5.74, 6) is 0. The van der Waals surface area contributed by atoms with Crippen molar-refractivity contribution in [3.05, 3.63) is 34.0 Å². The van der Waals surface area contributed by atoms with E-state index in [-0.39, 0.29) is 12.6 Å². The Hall–Kier alpha value is -1.93. The van der Waals surface area contributed by atoms with Crippen molar-refractivity contribution in [2.24, 2.45) is 7.05 Å². The largest absolute Gasteiger partial charge is 0.383 e. The second-order valence-electron chi connectivity index (χ2n) is 5.62. The van der Waals surface area contributed by atoms with E-state index in [9.17, 15) is 9.90 Å². The molecule has 7 nitrogen and oxygen atoms in total. The monoisotopic (exact) mass is 337 g/mol. The summed E-state index contributed by atoms with van der Waals surface area (Å²) in [6.45, 7) is 4.34. The van der Waals surface area contributed by atoms with Crippen LogP contribution in [-0.2, 0) is 25.5 Å². The summed E-state index contributed by atoms with van der Waals surface area (Å²) in [4.78, 5) is 16.3. The van der Waals surface area contributed by atoms with Gasteiger partial charge in [-0.05, 0) is 13.3 Å². The van der Waals surface area contributed by atoms with Gasteiger partial charge in [-0.15, -0.1) is 11.3 Å². The van der Waals surface area contributed by atoms with E-state index in [0.29, 0.717) is 18.5 Å². The Labute approximate surface area is 139 Å². The van der Waals surface area contributed by atoms with E-state index in [0.717, 1.165) is 17.1 Å². The van der Waals surface area contributed by atoms with Gasteiger partial charge in [0, 0.05) is 37.2 Å². The first-order valence-electron chi connectivity index (χ1n) is 7.57. The summed E-state index contributed by atoms with van der Waals surface area (Å²) in [5, 5.41) is 23.0. The van der Waals surface area contributed by atoms with Gasteiger partial charge in [0.05, 0.1) is 23.4 Å². The van der Waals surface area contributed by atoms with Gasteiger partial charge in [0.1, 0.15) is 5.60 Å². The number of carbonyl (C=O) groups is 1. The van der Waals surface area contributed by atoms with E-state index >= 15 is 0 Å². The zero-order valence-electron chi connectivity index (χ0n) is 13.7. The van der Waals surface area contributed by atoms with E-state index < -0.39 is 5.60 Å². The van der Waals surface area contributed by atoms with E-state index in [2.05, 4.69) is 27.6 Å². The number of aliphatic hydroxyl groups is 1. The Balaban J connectivity index is 1.72. The number of carbonyl (C=O) groups excluding carboxylic acids is 1. The molecule has 23 heavy (non-hydrogen) atoms. The maximum Gasteiger partial charge on any atom is 0.314 e. The number of urea groups is 1. The van der Waals surface area contributed by atoms with Gasteiger partial charge in [0.2, 0.25) is 0 Å². The zero-order valence-corrected chi connectivity index (χ0v) is 14.5. The number of thiazole rings is 1. The van der Waals surface area contributed by atoms with Crippen LogP contribution in [0, 0.1) is 0 Å². The van der Waals surface area contributed by atoms with Crippen molar-refractivity contribution < 1.29 is 9.90 Å². The highest BCUT2D eigenvalue weighted by Crippen LogP contribution is 2.18. The van der Waals surface area contributed by atoms with E-state index in [1.54, 1.807) is 42.4 Å². The molecule has 2 aromatic rings. The lowest BCUT2D eigenvalue weighted by Crippen LogP contribution is -2.43. The Morgan fingerprint density at radius 2 is 2.26 bits per heavy atom. The molecule has 0 bridgehead atoms. The standard InChI is InChI=1S/C15H23N5O2S/c1-4-13-19-12(9-23-13)5-6-16-14(21)17-10-15(2,22)11-7-18-20(3)8-11/h7-9,22H,4-6,10H2,1-3H3,(H2,16,17,21). The third kappa shape index (κ3) is 5.04. The molecule has 0 aliphatic heterocycles. The summed E-state index contributed by atoms with van der Waals surface area (Å²) in [5.41, 5.74) is 0.501. The molecule has 0 saturated carbocycles. The van der Waals surface area contributed by atoms with Crippen molar-refractivity contribution in [2.75, 3.05) is 13.1 Å². The number of aromatic nitrogens is 3. The first-order valence-corrected chi connectivity index (χ1v) is 8.45. The normalized spacial score (nSPS) is 13.6. The van der Waals surface area contributed by atoms with Crippen LogP contribution in [0.1, 0.15) is 30.1 Å². The van der Waals surface area contributed by atoms with Gasteiger partial charge in [-0.1, -0.05) is 6.92 Å². The molecule has 1 unspecified atom stereocenters. The Kier molecular flexibility index (Phi) is 5.73. The highest BCUT2D eigenvalue weighted by Gasteiger charge is 2.25. The van der Waals surface area contributed by atoms with Crippen molar-refractivity contribution in [1.82, 2.24) is 25.4 Å². The topological polar surface area (TPSA) is 92.1 Å². The summed E-state index contributed by atoms with van der Waals surface area (Å²) in [6.07, 6.45) is 4.95. The SMILES string of the molecule is CCc1nc(CCNC(=O)NCC(C)(O)c2cnn(C)c2)cs1. The smallest absolute Gasteiger partial charge is 0.314 e. The molecule has 0 aliphatic carbocycles. The molecule has 2 amide bonds. The van der Waals surface area contributed by atoms with Crippen LogP contribution >= 0.6 is 11.3 Å². The maximum absolute atomic E-state index is 11.8. The van der Waals surface area contributed by atoms with Crippen LogP contribution in [-0.4, -0.2) is 39.0 Å². The quantitative estimate of drug-likeness (QED) is 0.708. The minimum atomic E-state index is -1.16. The van der Waals surface area contributed by atoms with Gasteiger partial charge < -0.3 is 15.7 Å². The summed E-state index contributed by atoms with van der Waals surface area (Å²) in [6, 6.07) is -0.305. The van der Waals surface area contributed by atoms with Gasteiger partial charge in [-0.2, -0.15) is 5.10 Å². The molecule has 2 rings (SSSR count). The number of hydrogen-bond acceptors (Lipinski definition) is 5. The predicted octanol–water partition coefficient (Wildman–Crippen LogP) is 1.19. The molecule has 2 aromatic heterocycles. The summed E-state index contributed by atoms with van der Waals surface area (Å²) >= 11 is 1.64. The highest BCUT2D eigenvalue weighted by atomic mass is 32.1. The molecule has 0 saturated heterocycles. The van der Waals surface area contributed by atoms with E-state index in [1.807, 2.05) is 5.38 Å². The van der Waals surface area contributed by atoms with Crippen molar-refractivity contribution in [2.45, 2.75) is 32.3 Å². The number of aryl methyl sites for hydroxylation is 2. The molecule has 8 heteroatoms. The average molecular weight is 337 g/mol. The van der Waals surface area contributed by atoms with E-state index in [1.165, 1.54) is 0 Å². The van der Waals surface area contributed by atoms with Crippen LogP contribution in [0.2, 0.25) is 0 Å². The average Bonchev–Trinajstić information content (AvgIpc) is 3.14. The molecule has 1 atom stereocenters.